The Morgan fingerprint density at radius 3 is 2.52 bits per heavy atom. The molecule has 0 saturated carbocycles. The predicted molar refractivity (Wildman–Crippen MR) is 83.6 cm³/mol. The topological polar surface area (TPSA) is 55.4 Å². The van der Waals surface area contributed by atoms with Gasteiger partial charge in [0.25, 0.3) is 0 Å². The number of halogens is 2. The predicted octanol–water partition coefficient (Wildman–Crippen LogP) is 3.35. The highest BCUT2D eigenvalue weighted by molar-refractivity contribution is 7.89. The average Bonchev–Trinajstić information content (AvgIpc) is 2.45. The summed E-state index contributed by atoms with van der Waals surface area (Å²) in [5.41, 5.74) is 0. The molecule has 2 aromatic rings. The Bertz CT molecular complexity index is 720. The van der Waals surface area contributed by atoms with Gasteiger partial charge in [-0.1, -0.05) is 41.4 Å². The van der Waals surface area contributed by atoms with Gasteiger partial charge in [0.1, 0.15) is 12.4 Å². The maximum absolute atomic E-state index is 12.0. The fourth-order valence-corrected chi connectivity index (χ4v) is 3.12. The summed E-state index contributed by atoms with van der Waals surface area (Å²) < 4.78 is 31.9. The summed E-state index contributed by atoms with van der Waals surface area (Å²) in [5, 5.41) is 0.848. The maximum Gasteiger partial charge on any atom is 0.240 e. The number of benzene rings is 2. The highest BCUT2D eigenvalue weighted by Crippen LogP contribution is 2.22. The zero-order chi connectivity index (χ0) is 15.3. The van der Waals surface area contributed by atoms with Gasteiger partial charge in [0, 0.05) is 11.6 Å². The van der Waals surface area contributed by atoms with E-state index in [1.165, 1.54) is 12.1 Å². The van der Waals surface area contributed by atoms with Gasteiger partial charge in [-0.25, -0.2) is 13.1 Å². The van der Waals surface area contributed by atoms with Crippen LogP contribution in [-0.4, -0.2) is 21.6 Å². The molecule has 0 aliphatic rings. The van der Waals surface area contributed by atoms with Crippen LogP contribution < -0.4 is 9.46 Å². The van der Waals surface area contributed by atoms with Crippen molar-refractivity contribution in [3.05, 3.63) is 58.6 Å². The lowest BCUT2D eigenvalue weighted by molar-refractivity contribution is 0.323. The van der Waals surface area contributed by atoms with Crippen LogP contribution in [0.25, 0.3) is 0 Å². The second-order valence-corrected chi connectivity index (χ2v) is 6.74. The van der Waals surface area contributed by atoms with Crippen LogP contribution in [0.4, 0.5) is 0 Å². The van der Waals surface area contributed by atoms with E-state index < -0.39 is 10.0 Å². The van der Waals surface area contributed by atoms with Crippen molar-refractivity contribution < 1.29 is 13.2 Å². The monoisotopic (exact) mass is 345 g/mol. The SMILES string of the molecule is O=S(=O)(NCCOc1ccccc1Cl)c1cccc(Cl)c1. The average molecular weight is 346 g/mol. The fourth-order valence-electron chi connectivity index (χ4n) is 1.62. The molecule has 0 aliphatic carbocycles. The molecule has 2 rings (SSSR count). The molecule has 1 N–H and O–H groups in total. The first kappa shape index (κ1) is 16.1. The number of nitrogens with one attached hydrogen (secondary N) is 1. The summed E-state index contributed by atoms with van der Waals surface area (Å²) >= 11 is 11.7. The minimum absolute atomic E-state index is 0.118. The number of ether oxygens (including phenoxy) is 1. The summed E-state index contributed by atoms with van der Waals surface area (Å²) in [6, 6.07) is 13.1. The van der Waals surface area contributed by atoms with Gasteiger partial charge in [-0.05, 0) is 30.3 Å². The van der Waals surface area contributed by atoms with E-state index in [1.807, 2.05) is 0 Å². The normalized spacial score (nSPS) is 11.3. The molecule has 0 saturated heterocycles. The standard InChI is InChI=1S/C14H13Cl2NO3S/c15-11-4-3-5-12(10-11)21(18,19)17-8-9-20-14-7-2-1-6-13(14)16/h1-7,10,17H,8-9H2. The number of hydrogen-bond donors (Lipinski definition) is 1. The van der Waals surface area contributed by atoms with Crippen molar-refractivity contribution in [3.63, 3.8) is 0 Å². The second-order valence-electron chi connectivity index (χ2n) is 4.13. The van der Waals surface area contributed by atoms with E-state index in [0.717, 1.165) is 0 Å². The van der Waals surface area contributed by atoms with Gasteiger partial charge >= 0.3 is 0 Å². The summed E-state index contributed by atoms with van der Waals surface area (Å²) in [5.74, 6) is 0.515. The van der Waals surface area contributed by atoms with Crippen LogP contribution in [0.5, 0.6) is 5.75 Å². The van der Waals surface area contributed by atoms with Crippen molar-refractivity contribution in [1.82, 2.24) is 4.72 Å². The molecular formula is C14H13Cl2NO3S. The Kier molecular flexibility index (Phi) is 5.47. The molecule has 2 aromatic carbocycles. The second kappa shape index (κ2) is 7.13. The minimum Gasteiger partial charge on any atom is -0.491 e. The molecule has 112 valence electrons. The van der Waals surface area contributed by atoms with Crippen LogP contribution in [0.15, 0.2) is 53.4 Å². The van der Waals surface area contributed by atoms with Crippen LogP contribution in [-0.2, 0) is 10.0 Å². The zero-order valence-corrected chi connectivity index (χ0v) is 13.3. The largest absolute Gasteiger partial charge is 0.491 e. The van der Waals surface area contributed by atoms with E-state index in [2.05, 4.69) is 4.72 Å². The number of sulfonamides is 1. The van der Waals surface area contributed by atoms with E-state index in [0.29, 0.717) is 15.8 Å². The lowest BCUT2D eigenvalue weighted by atomic mass is 10.3. The third-order valence-electron chi connectivity index (χ3n) is 2.59. The first-order valence-corrected chi connectivity index (χ1v) is 8.35. The Morgan fingerprint density at radius 2 is 1.81 bits per heavy atom. The summed E-state index contributed by atoms with van der Waals surface area (Å²) in [4.78, 5) is 0.118. The minimum atomic E-state index is -3.59. The Morgan fingerprint density at radius 1 is 1.05 bits per heavy atom. The van der Waals surface area contributed by atoms with Gasteiger partial charge in [-0.3, -0.25) is 0 Å². The number of para-hydroxylation sites is 1. The Labute approximate surface area is 133 Å². The van der Waals surface area contributed by atoms with Crippen LogP contribution in [0.2, 0.25) is 10.0 Å². The first-order valence-electron chi connectivity index (χ1n) is 6.11. The van der Waals surface area contributed by atoms with E-state index in [9.17, 15) is 8.42 Å². The summed E-state index contributed by atoms with van der Waals surface area (Å²) in [6.45, 7) is 0.295. The van der Waals surface area contributed by atoms with E-state index in [1.54, 1.807) is 36.4 Å². The van der Waals surface area contributed by atoms with Gasteiger partial charge in [0.15, 0.2) is 0 Å². The molecule has 0 aromatic heterocycles. The molecular weight excluding hydrogens is 333 g/mol. The first-order chi connectivity index (χ1) is 9.99. The van der Waals surface area contributed by atoms with Gasteiger partial charge in [0.2, 0.25) is 10.0 Å². The van der Waals surface area contributed by atoms with Crippen molar-refractivity contribution >= 4 is 33.2 Å². The smallest absolute Gasteiger partial charge is 0.240 e. The number of hydrogen-bond acceptors (Lipinski definition) is 3. The molecule has 0 heterocycles. The lowest BCUT2D eigenvalue weighted by Crippen LogP contribution is -2.28. The van der Waals surface area contributed by atoms with Crippen molar-refractivity contribution in [2.24, 2.45) is 0 Å². The van der Waals surface area contributed by atoms with Gasteiger partial charge in [-0.2, -0.15) is 0 Å². The Hall–Kier alpha value is -1.27. The summed E-state index contributed by atoms with van der Waals surface area (Å²) in [7, 11) is -3.59. The molecule has 0 amide bonds. The lowest BCUT2D eigenvalue weighted by Gasteiger charge is -2.09. The summed E-state index contributed by atoms with van der Waals surface area (Å²) in [6.07, 6.45) is 0. The van der Waals surface area contributed by atoms with Crippen LogP contribution >= 0.6 is 23.2 Å². The highest BCUT2D eigenvalue weighted by atomic mass is 35.5. The van der Waals surface area contributed by atoms with Crippen molar-refractivity contribution in [1.29, 1.82) is 0 Å². The van der Waals surface area contributed by atoms with E-state index >= 15 is 0 Å². The molecule has 0 unspecified atom stereocenters. The molecule has 7 heteroatoms. The third kappa shape index (κ3) is 4.61. The molecule has 0 fully saturated rings. The number of rotatable bonds is 6. The van der Waals surface area contributed by atoms with Gasteiger partial charge in [-0.15, -0.1) is 0 Å². The van der Waals surface area contributed by atoms with Crippen molar-refractivity contribution in [2.75, 3.05) is 13.2 Å². The van der Waals surface area contributed by atoms with Crippen molar-refractivity contribution in [3.8, 4) is 5.75 Å². The molecule has 4 nitrogen and oxygen atoms in total. The molecule has 0 radical (unpaired) electrons. The zero-order valence-electron chi connectivity index (χ0n) is 10.9. The third-order valence-corrected chi connectivity index (χ3v) is 4.60. The molecule has 0 spiro atoms. The Balaban J connectivity index is 1.90. The quantitative estimate of drug-likeness (QED) is 0.816. The van der Waals surface area contributed by atoms with Gasteiger partial charge < -0.3 is 4.74 Å². The van der Waals surface area contributed by atoms with E-state index in [4.69, 9.17) is 27.9 Å². The molecule has 0 bridgehead atoms. The van der Waals surface area contributed by atoms with Gasteiger partial charge in [0.05, 0.1) is 9.92 Å². The van der Waals surface area contributed by atoms with Crippen LogP contribution in [0, 0.1) is 0 Å². The van der Waals surface area contributed by atoms with Crippen LogP contribution in [0.1, 0.15) is 0 Å². The molecule has 0 aliphatic heterocycles. The molecule has 0 atom stereocenters. The molecule has 21 heavy (non-hydrogen) atoms. The highest BCUT2D eigenvalue weighted by Gasteiger charge is 2.13. The fraction of sp³-hybridized carbons (Fsp3) is 0.143. The maximum atomic E-state index is 12.0. The van der Waals surface area contributed by atoms with Crippen LogP contribution in [0.3, 0.4) is 0 Å². The van der Waals surface area contributed by atoms with Crippen molar-refractivity contribution in [2.45, 2.75) is 4.90 Å². The van der Waals surface area contributed by atoms with E-state index in [-0.39, 0.29) is 18.0 Å².